The highest BCUT2D eigenvalue weighted by Gasteiger charge is 2.21. The fraction of sp³-hybridized carbons (Fsp3) is 0.909. The number of nitrogens with one attached hydrogen (secondary N) is 1. The fourth-order valence-corrected chi connectivity index (χ4v) is 2.14. The summed E-state index contributed by atoms with van der Waals surface area (Å²) in [5, 5.41) is 3.42. The van der Waals surface area contributed by atoms with Crippen molar-refractivity contribution in [2.45, 2.75) is 38.6 Å². The summed E-state index contributed by atoms with van der Waals surface area (Å²) in [4.78, 5) is 4.57. The van der Waals surface area contributed by atoms with E-state index in [4.69, 9.17) is 4.74 Å². The molecule has 0 aromatic carbocycles. The lowest BCUT2D eigenvalue weighted by Gasteiger charge is -2.21. The summed E-state index contributed by atoms with van der Waals surface area (Å²) in [6.07, 6.45) is 4.78. The van der Waals surface area contributed by atoms with Gasteiger partial charge in [-0.1, -0.05) is 6.92 Å². The van der Waals surface area contributed by atoms with Gasteiger partial charge in [0.15, 0.2) is 5.90 Å². The Kier molecular flexibility index (Phi) is 3.40. The van der Waals surface area contributed by atoms with Crippen molar-refractivity contribution in [1.82, 2.24) is 5.32 Å². The van der Waals surface area contributed by atoms with E-state index in [1.54, 1.807) is 0 Å². The van der Waals surface area contributed by atoms with Gasteiger partial charge >= 0.3 is 0 Å². The Morgan fingerprint density at radius 2 is 2.50 bits per heavy atom. The molecule has 0 radical (unpaired) electrons. The van der Waals surface area contributed by atoms with Crippen LogP contribution in [0.5, 0.6) is 0 Å². The molecule has 0 aromatic heterocycles. The van der Waals surface area contributed by atoms with E-state index in [1.165, 1.54) is 19.4 Å². The number of hydrogen-bond donors (Lipinski definition) is 1. The number of ether oxygens (including phenoxy) is 1. The van der Waals surface area contributed by atoms with Crippen molar-refractivity contribution in [2.24, 2.45) is 10.9 Å². The highest BCUT2D eigenvalue weighted by molar-refractivity contribution is 5.77. The van der Waals surface area contributed by atoms with E-state index in [-0.39, 0.29) is 0 Å². The van der Waals surface area contributed by atoms with Crippen molar-refractivity contribution in [3.8, 4) is 0 Å². The smallest absolute Gasteiger partial charge is 0.183 e. The molecule has 2 heterocycles. The molecule has 0 spiro atoms. The van der Waals surface area contributed by atoms with Crippen LogP contribution in [-0.2, 0) is 4.74 Å². The molecule has 14 heavy (non-hydrogen) atoms. The number of nitrogens with zero attached hydrogens (tertiary/aromatic N) is 1. The average molecular weight is 196 g/mol. The van der Waals surface area contributed by atoms with Crippen LogP contribution in [0.2, 0.25) is 0 Å². The van der Waals surface area contributed by atoms with Crippen molar-refractivity contribution in [1.29, 1.82) is 0 Å². The predicted octanol–water partition coefficient (Wildman–Crippen LogP) is 1.58. The third-order valence-electron chi connectivity index (χ3n) is 3.10. The number of piperidine rings is 1. The Morgan fingerprint density at radius 1 is 1.57 bits per heavy atom. The monoisotopic (exact) mass is 196 g/mol. The molecule has 2 atom stereocenters. The SMILES string of the molecule is CCC1COC(CC2CCCNC2)=N1. The third-order valence-corrected chi connectivity index (χ3v) is 3.10. The number of aliphatic imine (C=N–C) groups is 1. The highest BCUT2D eigenvalue weighted by Crippen LogP contribution is 2.18. The van der Waals surface area contributed by atoms with Crippen molar-refractivity contribution in [3.05, 3.63) is 0 Å². The summed E-state index contributed by atoms with van der Waals surface area (Å²) in [6.45, 7) is 5.30. The van der Waals surface area contributed by atoms with Gasteiger partial charge in [0.2, 0.25) is 0 Å². The molecule has 2 aliphatic rings. The molecule has 2 rings (SSSR count). The molecule has 0 bridgehead atoms. The van der Waals surface area contributed by atoms with Crippen LogP contribution in [0.15, 0.2) is 4.99 Å². The van der Waals surface area contributed by atoms with Crippen LogP contribution >= 0.6 is 0 Å². The van der Waals surface area contributed by atoms with Gasteiger partial charge in [0.25, 0.3) is 0 Å². The van der Waals surface area contributed by atoms with E-state index in [9.17, 15) is 0 Å². The quantitative estimate of drug-likeness (QED) is 0.743. The van der Waals surface area contributed by atoms with Crippen LogP contribution in [0.25, 0.3) is 0 Å². The predicted molar refractivity (Wildman–Crippen MR) is 57.7 cm³/mol. The molecule has 1 fully saturated rings. The maximum atomic E-state index is 5.58. The van der Waals surface area contributed by atoms with Gasteiger partial charge < -0.3 is 10.1 Å². The van der Waals surface area contributed by atoms with Crippen LogP contribution in [-0.4, -0.2) is 31.6 Å². The lowest BCUT2D eigenvalue weighted by Crippen LogP contribution is -2.31. The first-order valence-electron chi connectivity index (χ1n) is 5.78. The Balaban J connectivity index is 1.79. The van der Waals surface area contributed by atoms with E-state index in [0.29, 0.717) is 6.04 Å². The first-order valence-corrected chi connectivity index (χ1v) is 5.78. The zero-order valence-electron chi connectivity index (χ0n) is 8.96. The molecule has 2 unspecified atom stereocenters. The lowest BCUT2D eigenvalue weighted by molar-refractivity contribution is 0.292. The minimum Gasteiger partial charge on any atom is -0.479 e. The second-order valence-corrected chi connectivity index (χ2v) is 4.31. The maximum Gasteiger partial charge on any atom is 0.183 e. The van der Waals surface area contributed by atoms with Gasteiger partial charge in [-0.25, -0.2) is 4.99 Å². The Morgan fingerprint density at radius 3 is 3.14 bits per heavy atom. The standard InChI is InChI=1S/C11H20N2O/c1-2-10-8-14-11(13-10)6-9-4-3-5-12-7-9/h9-10,12H,2-8H2,1H3. The molecule has 80 valence electrons. The zero-order valence-corrected chi connectivity index (χ0v) is 8.96. The highest BCUT2D eigenvalue weighted by atomic mass is 16.5. The van der Waals surface area contributed by atoms with Crippen molar-refractivity contribution in [2.75, 3.05) is 19.7 Å². The minimum absolute atomic E-state index is 0.432. The summed E-state index contributed by atoms with van der Waals surface area (Å²) in [5.74, 6) is 1.75. The zero-order chi connectivity index (χ0) is 9.80. The summed E-state index contributed by atoms with van der Waals surface area (Å²) in [5.41, 5.74) is 0. The van der Waals surface area contributed by atoms with Crippen molar-refractivity contribution in [3.63, 3.8) is 0 Å². The van der Waals surface area contributed by atoms with Gasteiger partial charge in [-0.05, 0) is 38.3 Å². The van der Waals surface area contributed by atoms with Crippen LogP contribution < -0.4 is 5.32 Å². The second-order valence-electron chi connectivity index (χ2n) is 4.31. The van der Waals surface area contributed by atoms with E-state index < -0.39 is 0 Å². The molecule has 1 N–H and O–H groups in total. The minimum atomic E-state index is 0.432. The molecule has 0 aliphatic carbocycles. The van der Waals surface area contributed by atoms with Gasteiger partial charge in [0, 0.05) is 6.42 Å². The van der Waals surface area contributed by atoms with Gasteiger partial charge in [-0.2, -0.15) is 0 Å². The molecule has 3 heteroatoms. The van der Waals surface area contributed by atoms with Crippen molar-refractivity contribution >= 4 is 5.90 Å². The van der Waals surface area contributed by atoms with E-state index in [0.717, 1.165) is 37.8 Å². The average Bonchev–Trinajstić information content (AvgIpc) is 2.67. The molecule has 1 saturated heterocycles. The van der Waals surface area contributed by atoms with Gasteiger partial charge in [0.1, 0.15) is 6.61 Å². The molecule has 2 aliphatic heterocycles. The largest absolute Gasteiger partial charge is 0.479 e. The fourth-order valence-electron chi connectivity index (χ4n) is 2.14. The van der Waals surface area contributed by atoms with Crippen LogP contribution in [0.4, 0.5) is 0 Å². The van der Waals surface area contributed by atoms with Crippen LogP contribution in [0, 0.1) is 5.92 Å². The first-order chi connectivity index (χ1) is 6.88. The molecular formula is C11H20N2O. The summed E-state index contributed by atoms with van der Waals surface area (Å²) in [6, 6.07) is 0.432. The lowest BCUT2D eigenvalue weighted by atomic mass is 9.96. The molecule has 3 nitrogen and oxygen atoms in total. The third kappa shape index (κ3) is 2.47. The Bertz CT molecular complexity index is 209. The van der Waals surface area contributed by atoms with Crippen LogP contribution in [0.1, 0.15) is 32.6 Å². The molecule has 0 saturated carbocycles. The summed E-state index contributed by atoms with van der Waals surface area (Å²) in [7, 11) is 0. The maximum absolute atomic E-state index is 5.58. The van der Waals surface area contributed by atoms with Gasteiger partial charge in [-0.15, -0.1) is 0 Å². The van der Waals surface area contributed by atoms with E-state index in [1.807, 2.05) is 0 Å². The number of rotatable bonds is 3. The Labute approximate surface area is 85.9 Å². The molecular weight excluding hydrogens is 176 g/mol. The first kappa shape index (κ1) is 9.97. The Hall–Kier alpha value is -0.570. The van der Waals surface area contributed by atoms with Crippen molar-refractivity contribution < 1.29 is 4.74 Å². The van der Waals surface area contributed by atoms with Gasteiger partial charge in [-0.3, -0.25) is 0 Å². The topological polar surface area (TPSA) is 33.6 Å². The second kappa shape index (κ2) is 4.78. The normalized spacial score (nSPS) is 32.5. The summed E-state index contributed by atoms with van der Waals surface area (Å²) >= 11 is 0. The van der Waals surface area contributed by atoms with Gasteiger partial charge in [0.05, 0.1) is 6.04 Å². The number of hydrogen-bond acceptors (Lipinski definition) is 3. The summed E-state index contributed by atoms with van der Waals surface area (Å²) < 4.78 is 5.58. The van der Waals surface area contributed by atoms with Crippen LogP contribution in [0.3, 0.4) is 0 Å². The molecule has 0 amide bonds. The molecule has 0 aromatic rings. The van der Waals surface area contributed by atoms with E-state index >= 15 is 0 Å². The van der Waals surface area contributed by atoms with E-state index in [2.05, 4.69) is 17.2 Å².